The molecule has 1 atom stereocenters. The van der Waals surface area contributed by atoms with E-state index in [0.29, 0.717) is 10.6 Å². The van der Waals surface area contributed by atoms with Gasteiger partial charge in [-0.05, 0) is 12.1 Å². The Balaban J connectivity index is 3.00. The van der Waals surface area contributed by atoms with Crippen LogP contribution in [-0.4, -0.2) is 23.4 Å². The van der Waals surface area contributed by atoms with E-state index in [9.17, 15) is 14.9 Å². The number of hydrogen-bond acceptors (Lipinski definition) is 4. The van der Waals surface area contributed by atoms with E-state index in [4.69, 9.17) is 23.2 Å². The molecule has 0 aliphatic rings. The fourth-order valence-electron chi connectivity index (χ4n) is 1.30. The second-order valence-electron chi connectivity index (χ2n) is 3.22. The number of methoxy groups -OCH3 is 1. The predicted octanol–water partition coefficient (Wildman–Crippen LogP) is 2.57. The second-order valence-corrected chi connectivity index (χ2v) is 4.19. The zero-order valence-electron chi connectivity index (χ0n) is 8.85. The second kappa shape index (κ2) is 5.84. The molecule has 7 heteroatoms. The highest BCUT2D eigenvalue weighted by molar-refractivity contribution is 6.31. The van der Waals surface area contributed by atoms with Gasteiger partial charge in [-0.2, -0.15) is 0 Å². The standard InChI is InChI=1S/C10H9Cl2NO4/c1-17-10(14)8(12)5-6-4-7(11)2-3-9(6)13(15)16/h2-4,8H,5H2,1H3. The minimum Gasteiger partial charge on any atom is -0.468 e. The molecule has 1 unspecified atom stereocenters. The number of carbonyl (C=O) groups excluding carboxylic acids is 1. The highest BCUT2D eigenvalue weighted by Gasteiger charge is 2.22. The van der Waals surface area contributed by atoms with Crippen LogP contribution in [0.25, 0.3) is 0 Å². The van der Waals surface area contributed by atoms with Gasteiger partial charge in [-0.25, -0.2) is 0 Å². The van der Waals surface area contributed by atoms with Crippen LogP contribution in [0, 0.1) is 10.1 Å². The Morgan fingerprint density at radius 3 is 2.76 bits per heavy atom. The Bertz CT molecular complexity index is 450. The summed E-state index contributed by atoms with van der Waals surface area (Å²) < 4.78 is 4.44. The van der Waals surface area contributed by atoms with Crippen LogP contribution in [0.1, 0.15) is 5.56 Å². The Morgan fingerprint density at radius 2 is 2.24 bits per heavy atom. The van der Waals surface area contributed by atoms with Gasteiger partial charge in [0.15, 0.2) is 0 Å². The topological polar surface area (TPSA) is 69.4 Å². The van der Waals surface area contributed by atoms with E-state index < -0.39 is 16.3 Å². The molecule has 1 aromatic rings. The lowest BCUT2D eigenvalue weighted by Gasteiger charge is -2.07. The number of hydrogen-bond donors (Lipinski definition) is 0. The van der Waals surface area contributed by atoms with Crippen LogP contribution < -0.4 is 0 Å². The largest absolute Gasteiger partial charge is 0.468 e. The Hall–Kier alpha value is -1.33. The van der Waals surface area contributed by atoms with Crippen molar-refractivity contribution in [2.75, 3.05) is 7.11 Å². The van der Waals surface area contributed by atoms with Crippen LogP contribution in [0.2, 0.25) is 5.02 Å². The lowest BCUT2D eigenvalue weighted by molar-refractivity contribution is -0.385. The van der Waals surface area contributed by atoms with Crippen molar-refractivity contribution in [1.82, 2.24) is 0 Å². The number of ether oxygens (including phenoxy) is 1. The lowest BCUT2D eigenvalue weighted by atomic mass is 10.1. The van der Waals surface area contributed by atoms with E-state index in [-0.39, 0.29) is 12.1 Å². The van der Waals surface area contributed by atoms with Crippen molar-refractivity contribution in [2.45, 2.75) is 11.8 Å². The molecule has 17 heavy (non-hydrogen) atoms. The van der Waals surface area contributed by atoms with Crippen molar-refractivity contribution in [2.24, 2.45) is 0 Å². The molecular formula is C10H9Cl2NO4. The van der Waals surface area contributed by atoms with E-state index >= 15 is 0 Å². The molecule has 1 rings (SSSR count). The zero-order valence-corrected chi connectivity index (χ0v) is 10.4. The molecule has 0 bridgehead atoms. The SMILES string of the molecule is COC(=O)C(Cl)Cc1cc(Cl)ccc1[N+](=O)[O-]. The molecule has 0 spiro atoms. The van der Waals surface area contributed by atoms with Crippen LogP contribution in [0.15, 0.2) is 18.2 Å². The van der Waals surface area contributed by atoms with E-state index in [1.54, 1.807) is 0 Å². The summed E-state index contributed by atoms with van der Waals surface area (Å²) in [5.74, 6) is -0.638. The maximum Gasteiger partial charge on any atom is 0.324 e. The van der Waals surface area contributed by atoms with Crippen LogP contribution in [0.4, 0.5) is 5.69 Å². The van der Waals surface area contributed by atoms with Gasteiger partial charge in [0.05, 0.1) is 12.0 Å². The van der Waals surface area contributed by atoms with Crippen molar-refractivity contribution in [1.29, 1.82) is 0 Å². The third-order valence-electron chi connectivity index (χ3n) is 2.09. The lowest BCUT2D eigenvalue weighted by Crippen LogP contribution is -2.19. The summed E-state index contributed by atoms with van der Waals surface area (Å²) in [6, 6.07) is 4.10. The molecule has 0 heterocycles. The Labute approximate surface area is 107 Å². The number of rotatable bonds is 4. The van der Waals surface area contributed by atoms with Crippen molar-refractivity contribution < 1.29 is 14.5 Å². The van der Waals surface area contributed by atoms with E-state index in [2.05, 4.69) is 4.74 Å². The third-order valence-corrected chi connectivity index (χ3v) is 2.66. The molecule has 92 valence electrons. The molecule has 0 aliphatic carbocycles. The van der Waals surface area contributed by atoms with E-state index in [1.807, 2.05) is 0 Å². The maximum atomic E-state index is 11.1. The number of carbonyl (C=O) groups is 1. The van der Waals surface area contributed by atoms with Gasteiger partial charge in [-0.15, -0.1) is 11.6 Å². The summed E-state index contributed by atoms with van der Waals surface area (Å²) in [7, 11) is 1.20. The van der Waals surface area contributed by atoms with Gasteiger partial charge >= 0.3 is 5.97 Å². The van der Waals surface area contributed by atoms with Crippen LogP contribution in [0.5, 0.6) is 0 Å². The first-order valence-electron chi connectivity index (χ1n) is 4.60. The molecule has 0 saturated heterocycles. The first kappa shape index (κ1) is 13.7. The minimum atomic E-state index is -0.975. The highest BCUT2D eigenvalue weighted by atomic mass is 35.5. The predicted molar refractivity (Wildman–Crippen MR) is 63.5 cm³/mol. The first-order chi connectivity index (χ1) is 7.95. The van der Waals surface area contributed by atoms with Gasteiger partial charge in [0.1, 0.15) is 5.38 Å². The molecule has 0 aliphatic heterocycles. The number of benzene rings is 1. The molecule has 0 radical (unpaired) electrons. The van der Waals surface area contributed by atoms with Gasteiger partial charge in [0.2, 0.25) is 0 Å². The summed E-state index contributed by atoms with van der Waals surface area (Å²) in [5.41, 5.74) is 0.178. The van der Waals surface area contributed by atoms with Gasteiger partial charge in [-0.1, -0.05) is 11.6 Å². The Morgan fingerprint density at radius 1 is 1.59 bits per heavy atom. The first-order valence-corrected chi connectivity index (χ1v) is 5.42. The fraction of sp³-hybridized carbons (Fsp3) is 0.300. The number of halogens is 2. The number of esters is 1. The normalized spacial score (nSPS) is 11.9. The molecule has 0 saturated carbocycles. The van der Waals surface area contributed by atoms with Crippen molar-refractivity contribution >= 4 is 34.9 Å². The monoisotopic (exact) mass is 277 g/mol. The van der Waals surface area contributed by atoms with Gasteiger partial charge in [-0.3, -0.25) is 14.9 Å². The van der Waals surface area contributed by atoms with Gasteiger partial charge in [0, 0.05) is 23.1 Å². The highest BCUT2D eigenvalue weighted by Crippen LogP contribution is 2.25. The van der Waals surface area contributed by atoms with Gasteiger partial charge < -0.3 is 4.74 Å². The fourth-order valence-corrected chi connectivity index (χ4v) is 1.75. The zero-order chi connectivity index (χ0) is 13.0. The summed E-state index contributed by atoms with van der Waals surface area (Å²) in [6.45, 7) is 0. The van der Waals surface area contributed by atoms with Crippen LogP contribution in [0.3, 0.4) is 0 Å². The average Bonchev–Trinajstić information content (AvgIpc) is 2.27. The maximum absolute atomic E-state index is 11.1. The van der Waals surface area contributed by atoms with E-state index in [1.165, 1.54) is 25.3 Å². The summed E-state index contributed by atoms with van der Waals surface area (Å²) in [5, 5.41) is 10.1. The average molecular weight is 278 g/mol. The van der Waals surface area contributed by atoms with Crippen molar-refractivity contribution in [3.05, 3.63) is 38.9 Å². The number of alkyl halides is 1. The molecule has 1 aromatic carbocycles. The quantitative estimate of drug-likeness (QED) is 0.367. The number of nitro groups is 1. The molecule has 0 fully saturated rings. The van der Waals surface area contributed by atoms with Crippen LogP contribution >= 0.6 is 23.2 Å². The van der Waals surface area contributed by atoms with E-state index in [0.717, 1.165) is 0 Å². The third kappa shape index (κ3) is 3.57. The Kier molecular flexibility index (Phi) is 4.72. The summed E-state index contributed by atoms with van der Waals surface area (Å²) in [4.78, 5) is 21.3. The van der Waals surface area contributed by atoms with Gasteiger partial charge in [0.25, 0.3) is 5.69 Å². The van der Waals surface area contributed by atoms with Crippen LogP contribution in [-0.2, 0) is 16.0 Å². The molecule has 0 amide bonds. The summed E-state index contributed by atoms with van der Waals surface area (Å²) in [6.07, 6.45) is -0.00883. The number of nitrogens with zero attached hydrogens (tertiary/aromatic N) is 1. The molecule has 0 N–H and O–H groups in total. The van der Waals surface area contributed by atoms with Crippen molar-refractivity contribution in [3.8, 4) is 0 Å². The number of nitro benzene ring substituents is 1. The molecular weight excluding hydrogens is 269 g/mol. The van der Waals surface area contributed by atoms with Crippen molar-refractivity contribution in [3.63, 3.8) is 0 Å². The molecule has 0 aromatic heterocycles. The minimum absolute atomic E-state index is 0.00883. The smallest absolute Gasteiger partial charge is 0.324 e. The summed E-state index contributed by atoms with van der Waals surface area (Å²) >= 11 is 11.5. The molecule has 5 nitrogen and oxygen atoms in total.